The van der Waals surface area contributed by atoms with Crippen LogP contribution < -0.4 is 11.1 Å². The molecule has 1 aromatic heterocycles. The Morgan fingerprint density at radius 1 is 1.53 bits per heavy atom. The highest BCUT2D eigenvalue weighted by molar-refractivity contribution is 5.92. The summed E-state index contributed by atoms with van der Waals surface area (Å²) in [6, 6.07) is 0. The van der Waals surface area contributed by atoms with Crippen molar-refractivity contribution in [2.24, 2.45) is 5.73 Å². The van der Waals surface area contributed by atoms with Crippen molar-refractivity contribution in [2.45, 2.75) is 45.7 Å². The number of nitrogens with zero attached hydrogens (tertiary/aromatic N) is 3. The van der Waals surface area contributed by atoms with Crippen molar-refractivity contribution in [3.05, 3.63) is 11.9 Å². The summed E-state index contributed by atoms with van der Waals surface area (Å²) in [5.74, 6) is -0.181. The van der Waals surface area contributed by atoms with Gasteiger partial charge in [-0.25, -0.2) is 0 Å². The molecule has 0 aliphatic rings. The fraction of sp³-hybridized carbons (Fsp3) is 0.727. The Labute approximate surface area is 102 Å². The van der Waals surface area contributed by atoms with Gasteiger partial charge in [-0.15, -0.1) is 5.10 Å². The van der Waals surface area contributed by atoms with Crippen LogP contribution in [0.4, 0.5) is 0 Å². The zero-order valence-corrected chi connectivity index (χ0v) is 10.7. The van der Waals surface area contributed by atoms with Gasteiger partial charge in [-0.05, 0) is 19.8 Å². The SMILES string of the molecule is CCC(C)(CC)NC(=O)c1cn(CCN)nn1. The van der Waals surface area contributed by atoms with Crippen LogP contribution in [0.2, 0.25) is 0 Å². The average molecular weight is 239 g/mol. The zero-order chi connectivity index (χ0) is 12.9. The van der Waals surface area contributed by atoms with Crippen molar-refractivity contribution in [2.75, 3.05) is 6.54 Å². The van der Waals surface area contributed by atoms with Gasteiger partial charge < -0.3 is 11.1 Å². The van der Waals surface area contributed by atoms with Crippen LogP contribution in [-0.2, 0) is 6.54 Å². The van der Waals surface area contributed by atoms with Gasteiger partial charge in [0, 0.05) is 12.1 Å². The molecule has 1 rings (SSSR count). The maximum Gasteiger partial charge on any atom is 0.273 e. The quantitative estimate of drug-likeness (QED) is 0.759. The van der Waals surface area contributed by atoms with Gasteiger partial charge in [0.05, 0.1) is 12.7 Å². The van der Waals surface area contributed by atoms with E-state index in [4.69, 9.17) is 5.73 Å². The van der Waals surface area contributed by atoms with Gasteiger partial charge in [0.1, 0.15) is 0 Å². The lowest BCUT2D eigenvalue weighted by Gasteiger charge is -2.27. The second kappa shape index (κ2) is 5.77. The molecule has 0 atom stereocenters. The van der Waals surface area contributed by atoms with Crippen molar-refractivity contribution in [1.29, 1.82) is 0 Å². The molecule has 6 heteroatoms. The molecule has 0 saturated heterocycles. The monoisotopic (exact) mass is 239 g/mol. The minimum absolute atomic E-state index is 0.181. The molecule has 0 aliphatic heterocycles. The Kier molecular flexibility index (Phi) is 4.62. The first kappa shape index (κ1) is 13.6. The van der Waals surface area contributed by atoms with Crippen molar-refractivity contribution < 1.29 is 4.79 Å². The maximum atomic E-state index is 11.9. The lowest BCUT2D eigenvalue weighted by molar-refractivity contribution is 0.0895. The molecule has 3 N–H and O–H groups in total. The number of carbonyl (C=O) groups excluding carboxylic acids is 1. The number of hydrogen-bond acceptors (Lipinski definition) is 4. The standard InChI is InChI=1S/C11H21N5O/c1-4-11(3,5-2)13-10(17)9-8-16(7-6-12)15-14-9/h8H,4-7,12H2,1-3H3,(H,13,17). The first-order valence-corrected chi connectivity index (χ1v) is 5.97. The third-order valence-electron chi connectivity index (χ3n) is 3.11. The predicted octanol–water partition coefficient (Wildman–Crippen LogP) is 0.545. The fourth-order valence-electron chi connectivity index (χ4n) is 1.41. The summed E-state index contributed by atoms with van der Waals surface area (Å²) in [5.41, 5.74) is 5.56. The zero-order valence-electron chi connectivity index (χ0n) is 10.7. The van der Waals surface area contributed by atoms with Gasteiger partial charge in [-0.1, -0.05) is 19.1 Å². The third kappa shape index (κ3) is 3.52. The second-order valence-corrected chi connectivity index (χ2v) is 4.38. The van der Waals surface area contributed by atoms with Crippen molar-refractivity contribution in [3.8, 4) is 0 Å². The first-order valence-electron chi connectivity index (χ1n) is 5.97. The minimum Gasteiger partial charge on any atom is -0.345 e. The highest BCUT2D eigenvalue weighted by Gasteiger charge is 2.23. The maximum absolute atomic E-state index is 11.9. The average Bonchev–Trinajstić information content (AvgIpc) is 2.78. The van der Waals surface area contributed by atoms with Crippen molar-refractivity contribution in [3.63, 3.8) is 0 Å². The number of nitrogens with two attached hydrogens (primary N) is 1. The van der Waals surface area contributed by atoms with Crippen LogP contribution in [0.5, 0.6) is 0 Å². The highest BCUT2D eigenvalue weighted by atomic mass is 16.2. The molecule has 17 heavy (non-hydrogen) atoms. The van der Waals surface area contributed by atoms with Crippen LogP contribution in [0.15, 0.2) is 6.20 Å². The summed E-state index contributed by atoms with van der Waals surface area (Å²) in [5, 5.41) is 10.6. The first-order chi connectivity index (χ1) is 8.04. The van der Waals surface area contributed by atoms with Crippen LogP contribution in [-0.4, -0.2) is 33.0 Å². The van der Waals surface area contributed by atoms with Gasteiger partial charge in [0.15, 0.2) is 5.69 Å². The van der Waals surface area contributed by atoms with E-state index in [1.54, 1.807) is 10.9 Å². The molecule has 0 unspecified atom stereocenters. The number of rotatable bonds is 6. The number of aromatic nitrogens is 3. The van der Waals surface area contributed by atoms with E-state index in [-0.39, 0.29) is 11.4 Å². The molecule has 1 aromatic rings. The predicted molar refractivity (Wildman–Crippen MR) is 65.5 cm³/mol. The van der Waals surface area contributed by atoms with E-state index in [2.05, 4.69) is 29.5 Å². The van der Waals surface area contributed by atoms with Crippen LogP contribution >= 0.6 is 0 Å². The van der Waals surface area contributed by atoms with Crippen LogP contribution in [0.1, 0.15) is 44.1 Å². The molecule has 0 aromatic carbocycles. The number of amides is 1. The summed E-state index contributed by atoms with van der Waals surface area (Å²) >= 11 is 0. The van der Waals surface area contributed by atoms with E-state index in [0.29, 0.717) is 18.8 Å². The van der Waals surface area contributed by atoms with Gasteiger partial charge in [-0.3, -0.25) is 9.48 Å². The van der Waals surface area contributed by atoms with Crippen LogP contribution in [0.3, 0.4) is 0 Å². The molecule has 96 valence electrons. The van der Waals surface area contributed by atoms with E-state index in [1.807, 2.05) is 6.92 Å². The van der Waals surface area contributed by atoms with Crippen molar-refractivity contribution >= 4 is 5.91 Å². The Morgan fingerprint density at radius 2 is 2.18 bits per heavy atom. The summed E-state index contributed by atoms with van der Waals surface area (Å²) in [6.45, 7) is 7.17. The molecular formula is C11H21N5O. The van der Waals surface area contributed by atoms with Gasteiger partial charge in [-0.2, -0.15) is 0 Å². The minimum atomic E-state index is -0.186. The molecule has 1 amide bonds. The topological polar surface area (TPSA) is 85.8 Å². The summed E-state index contributed by atoms with van der Waals surface area (Å²) in [7, 11) is 0. The summed E-state index contributed by atoms with van der Waals surface area (Å²) in [6.07, 6.45) is 3.38. The Morgan fingerprint density at radius 3 is 2.71 bits per heavy atom. The van der Waals surface area contributed by atoms with Gasteiger partial charge >= 0.3 is 0 Å². The molecule has 6 nitrogen and oxygen atoms in total. The lowest BCUT2D eigenvalue weighted by Crippen LogP contribution is -2.45. The Hall–Kier alpha value is -1.43. The lowest BCUT2D eigenvalue weighted by atomic mass is 9.95. The normalized spacial score (nSPS) is 11.5. The molecule has 0 saturated carbocycles. The van der Waals surface area contributed by atoms with Crippen LogP contribution in [0, 0.1) is 0 Å². The number of hydrogen-bond donors (Lipinski definition) is 2. The Balaban J connectivity index is 2.69. The third-order valence-corrected chi connectivity index (χ3v) is 3.11. The molecule has 0 bridgehead atoms. The van der Waals surface area contributed by atoms with Gasteiger partial charge in [0.25, 0.3) is 5.91 Å². The van der Waals surface area contributed by atoms with E-state index < -0.39 is 0 Å². The molecule has 1 heterocycles. The smallest absolute Gasteiger partial charge is 0.273 e. The summed E-state index contributed by atoms with van der Waals surface area (Å²) < 4.78 is 1.57. The van der Waals surface area contributed by atoms with Gasteiger partial charge in [0.2, 0.25) is 0 Å². The molecule has 0 radical (unpaired) electrons. The second-order valence-electron chi connectivity index (χ2n) is 4.38. The largest absolute Gasteiger partial charge is 0.345 e. The van der Waals surface area contributed by atoms with E-state index in [9.17, 15) is 4.79 Å². The van der Waals surface area contributed by atoms with Crippen LogP contribution in [0.25, 0.3) is 0 Å². The molecule has 0 spiro atoms. The Bertz CT molecular complexity index is 370. The molecule has 0 fully saturated rings. The van der Waals surface area contributed by atoms with E-state index >= 15 is 0 Å². The number of carbonyl (C=O) groups is 1. The van der Waals surface area contributed by atoms with Crippen molar-refractivity contribution in [1.82, 2.24) is 20.3 Å². The highest BCUT2D eigenvalue weighted by Crippen LogP contribution is 2.14. The van der Waals surface area contributed by atoms with E-state index in [0.717, 1.165) is 12.8 Å². The summed E-state index contributed by atoms with van der Waals surface area (Å²) in [4.78, 5) is 11.9. The number of nitrogens with one attached hydrogen (secondary N) is 1. The molecular weight excluding hydrogens is 218 g/mol. The fourth-order valence-corrected chi connectivity index (χ4v) is 1.41. The van der Waals surface area contributed by atoms with E-state index in [1.165, 1.54) is 0 Å². The molecule has 0 aliphatic carbocycles.